The summed E-state index contributed by atoms with van der Waals surface area (Å²) in [7, 11) is 0. The zero-order chi connectivity index (χ0) is 8.97. The van der Waals surface area contributed by atoms with Crippen molar-refractivity contribution in [3.63, 3.8) is 0 Å². The van der Waals surface area contributed by atoms with Gasteiger partial charge in [-0.15, -0.1) is 0 Å². The maximum Gasteiger partial charge on any atom is 0.116 e. The molecule has 1 rings (SSSR count). The Morgan fingerprint density at radius 1 is 1.42 bits per heavy atom. The third-order valence-corrected chi connectivity index (χ3v) is 1.67. The molecule has 1 aromatic carbocycles. The van der Waals surface area contributed by atoms with Gasteiger partial charge in [-0.3, -0.25) is 0 Å². The Kier molecular flexibility index (Phi) is 2.88. The molecule has 2 heteroatoms. The van der Waals surface area contributed by atoms with Crippen LogP contribution in [0.3, 0.4) is 0 Å². The molecule has 0 saturated carbocycles. The molecule has 0 saturated heterocycles. The second kappa shape index (κ2) is 3.93. The van der Waals surface area contributed by atoms with Crippen molar-refractivity contribution in [1.82, 2.24) is 0 Å². The molecule has 2 N–H and O–H groups in total. The lowest BCUT2D eigenvalue weighted by Gasteiger charge is -1.99. The molecule has 0 fully saturated rings. The van der Waals surface area contributed by atoms with Crippen LogP contribution in [0.25, 0.3) is 6.08 Å². The van der Waals surface area contributed by atoms with Gasteiger partial charge in [0.2, 0.25) is 0 Å². The molecule has 0 spiro atoms. The van der Waals surface area contributed by atoms with E-state index in [2.05, 4.69) is 0 Å². The SMILES string of the molecule is Cc1ccc(O)cc1C=CCO. The van der Waals surface area contributed by atoms with Crippen LogP contribution in [-0.4, -0.2) is 16.8 Å². The highest BCUT2D eigenvalue weighted by Crippen LogP contribution is 2.16. The number of benzene rings is 1. The molecule has 0 amide bonds. The highest BCUT2D eigenvalue weighted by atomic mass is 16.3. The molecule has 0 heterocycles. The Morgan fingerprint density at radius 2 is 2.17 bits per heavy atom. The van der Waals surface area contributed by atoms with Crippen molar-refractivity contribution in [3.05, 3.63) is 35.4 Å². The van der Waals surface area contributed by atoms with Gasteiger partial charge in [-0.1, -0.05) is 18.2 Å². The van der Waals surface area contributed by atoms with Gasteiger partial charge in [-0.25, -0.2) is 0 Å². The van der Waals surface area contributed by atoms with Crippen molar-refractivity contribution in [2.75, 3.05) is 6.61 Å². The second-order valence-electron chi connectivity index (χ2n) is 2.63. The lowest BCUT2D eigenvalue weighted by Crippen LogP contribution is -1.80. The van der Waals surface area contributed by atoms with Crippen LogP contribution >= 0.6 is 0 Å². The summed E-state index contributed by atoms with van der Waals surface area (Å²) < 4.78 is 0. The average Bonchev–Trinajstić information content (AvgIpc) is 2.07. The smallest absolute Gasteiger partial charge is 0.116 e. The minimum absolute atomic E-state index is 0.0229. The number of hydrogen-bond donors (Lipinski definition) is 2. The summed E-state index contributed by atoms with van der Waals surface area (Å²) in [5.74, 6) is 0.248. The zero-order valence-electron chi connectivity index (χ0n) is 6.99. The van der Waals surface area contributed by atoms with E-state index in [4.69, 9.17) is 10.2 Å². The third-order valence-electron chi connectivity index (χ3n) is 1.67. The van der Waals surface area contributed by atoms with Crippen LogP contribution in [0.4, 0.5) is 0 Å². The summed E-state index contributed by atoms with van der Waals surface area (Å²) in [6.07, 6.45) is 3.43. The van der Waals surface area contributed by atoms with Crippen molar-refractivity contribution in [1.29, 1.82) is 0 Å². The fourth-order valence-electron chi connectivity index (χ4n) is 0.987. The van der Waals surface area contributed by atoms with Gasteiger partial charge < -0.3 is 10.2 Å². The Bertz CT molecular complexity index is 290. The Hall–Kier alpha value is -1.28. The van der Waals surface area contributed by atoms with E-state index < -0.39 is 0 Å². The van der Waals surface area contributed by atoms with Gasteiger partial charge in [-0.2, -0.15) is 0 Å². The second-order valence-corrected chi connectivity index (χ2v) is 2.63. The molecule has 64 valence electrons. The molecule has 0 aliphatic rings. The molecule has 12 heavy (non-hydrogen) atoms. The van der Waals surface area contributed by atoms with Crippen LogP contribution in [0.2, 0.25) is 0 Å². The summed E-state index contributed by atoms with van der Waals surface area (Å²) in [6, 6.07) is 5.15. The van der Waals surface area contributed by atoms with E-state index in [1.54, 1.807) is 24.3 Å². The summed E-state index contributed by atoms with van der Waals surface area (Å²) in [4.78, 5) is 0. The lowest BCUT2D eigenvalue weighted by molar-refractivity contribution is 0.343. The maximum absolute atomic E-state index is 9.14. The molecule has 0 radical (unpaired) electrons. The fraction of sp³-hybridized carbons (Fsp3) is 0.200. The van der Waals surface area contributed by atoms with Crippen molar-refractivity contribution in [2.45, 2.75) is 6.92 Å². The molecule has 0 atom stereocenters. The monoisotopic (exact) mass is 164 g/mol. The summed E-state index contributed by atoms with van der Waals surface area (Å²) in [5, 5.41) is 17.7. The largest absolute Gasteiger partial charge is 0.508 e. The maximum atomic E-state index is 9.14. The van der Waals surface area contributed by atoms with Gasteiger partial charge in [0.15, 0.2) is 0 Å². The van der Waals surface area contributed by atoms with E-state index in [9.17, 15) is 0 Å². The first-order chi connectivity index (χ1) is 5.74. The molecular weight excluding hydrogens is 152 g/mol. The average molecular weight is 164 g/mol. The number of aliphatic hydroxyl groups is 1. The van der Waals surface area contributed by atoms with Gasteiger partial charge in [0.1, 0.15) is 5.75 Å². The number of aromatic hydroxyl groups is 1. The molecule has 1 aromatic rings. The van der Waals surface area contributed by atoms with Gasteiger partial charge in [0.25, 0.3) is 0 Å². The fourth-order valence-corrected chi connectivity index (χ4v) is 0.987. The van der Waals surface area contributed by atoms with Crippen LogP contribution in [0.15, 0.2) is 24.3 Å². The Balaban J connectivity index is 2.97. The number of rotatable bonds is 2. The van der Waals surface area contributed by atoms with Gasteiger partial charge in [0, 0.05) is 0 Å². The highest BCUT2D eigenvalue weighted by molar-refractivity contribution is 5.55. The third kappa shape index (κ3) is 2.10. The van der Waals surface area contributed by atoms with E-state index in [1.807, 2.05) is 13.0 Å². The topological polar surface area (TPSA) is 40.5 Å². The number of aliphatic hydroxyl groups excluding tert-OH is 1. The van der Waals surface area contributed by atoms with Crippen LogP contribution in [0.1, 0.15) is 11.1 Å². The Labute approximate surface area is 71.8 Å². The predicted octanol–water partition coefficient (Wildman–Crippen LogP) is 1.71. The molecule has 0 unspecified atom stereocenters. The molecule has 0 bridgehead atoms. The number of phenolic OH excluding ortho intramolecular Hbond substituents is 1. The number of hydrogen-bond acceptors (Lipinski definition) is 2. The quantitative estimate of drug-likeness (QED) is 0.698. The summed E-state index contributed by atoms with van der Waals surface area (Å²) in [5.41, 5.74) is 2.02. The summed E-state index contributed by atoms with van der Waals surface area (Å²) in [6.45, 7) is 1.98. The van der Waals surface area contributed by atoms with Crippen LogP contribution < -0.4 is 0 Å². The summed E-state index contributed by atoms with van der Waals surface area (Å²) >= 11 is 0. The molecule has 0 aromatic heterocycles. The van der Waals surface area contributed by atoms with E-state index in [-0.39, 0.29) is 12.4 Å². The van der Waals surface area contributed by atoms with Gasteiger partial charge in [-0.05, 0) is 30.2 Å². The molecular formula is C10H12O2. The first-order valence-corrected chi connectivity index (χ1v) is 3.81. The van der Waals surface area contributed by atoms with E-state index >= 15 is 0 Å². The molecule has 2 nitrogen and oxygen atoms in total. The minimum Gasteiger partial charge on any atom is -0.508 e. The normalized spacial score (nSPS) is 10.8. The first-order valence-electron chi connectivity index (χ1n) is 3.81. The van der Waals surface area contributed by atoms with E-state index in [0.717, 1.165) is 11.1 Å². The van der Waals surface area contributed by atoms with Crippen molar-refractivity contribution in [2.24, 2.45) is 0 Å². The van der Waals surface area contributed by atoms with E-state index in [0.29, 0.717) is 0 Å². The standard InChI is InChI=1S/C10H12O2/c1-8-4-5-10(12)7-9(8)3-2-6-11/h2-5,7,11-12H,6H2,1H3. The molecule has 0 aliphatic heterocycles. The van der Waals surface area contributed by atoms with E-state index in [1.165, 1.54) is 0 Å². The molecule has 0 aliphatic carbocycles. The van der Waals surface area contributed by atoms with Crippen LogP contribution in [0, 0.1) is 6.92 Å². The predicted molar refractivity (Wildman–Crippen MR) is 49.0 cm³/mol. The van der Waals surface area contributed by atoms with Crippen molar-refractivity contribution >= 4 is 6.08 Å². The van der Waals surface area contributed by atoms with Crippen molar-refractivity contribution in [3.8, 4) is 5.75 Å². The van der Waals surface area contributed by atoms with Crippen LogP contribution in [0.5, 0.6) is 5.75 Å². The Morgan fingerprint density at radius 3 is 2.83 bits per heavy atom. The van der Waals surface area contributed by atoms with Gasteiger partial charge in [0.05, 0.1) is 6.61 Å². The highest BCUT2D eigenvalue weighted by Gasteiger charge is 1.94. The van der Waals surface area contributed by atoms with Crippen LogP contribution in [-0.2, 0) is 0 Å². The van der Waals surface area contributed by atoms with Gasteiger partial charge >= 0.3 is 0 Å². The van der Waals surface area contributed by atoms with Crippen molar-refractivity contribution < 1.29 is 10.2 Å². The number of phenols is 1. The number of aryl methyl sites for hydroxylation is 1. The first kappa shape index (κ1) is 8.81. The lowest BCUT2D eigenvalue weighted by atomic mass is 10.1. The zero-order valence-corrected chi connectivity index (χ0v) is 6.99. The minimum atomic E-state index is 0.0229.